The summed E-state index contributed by atoms with van der Waals surface area (Å²) in [5, 5.41) is 21.2. The maximum atomic E-state index is 12.8. The first-order valence-corrected chi connectivity index (χ1v) is 11.7. The van der Waals surface area contributed by atoms with Gasteiger partial charge in [0.1, 0.15) is 0 Å². The number of phenols is 2. The molecule has 0 unspecified atom stereocenters. The fourth-order valence-electron chi connectivity index (χ4n) is 2.98. The van der Waals surface area contributed by atoms with Crippen molar-refractivity contribution >= 4 is 5.97 Å². The largest absolute Gasteiger partial charge is 0.503 e. The summed E-state index contributed by atoms with van der Waals surface area (Å²) in [7, 11) is 0. The number of esters is 1. The highest BCUT2D eigenvalue weighted by molar-refractivity contribution is 5.99. The van der Waals surface area contributed by atoms with Gasteiger partial charge in [-0.2, -0.15) is 0 Å². The van der Waals surface area contributed by atoms with Crippen molar-refractivity contribution in [2.45, 2.75) is 85.5 Å². The minimum Gasteiger partial charge on any atom is -0.503 e. The van der Waals surface area contributed by atoms with Crippen molar-refractivity contribution in [2.75, 3.05) is 26.4 Å². The van der Waals surface area contributed by atoms with Crippen molar-refractivity contribution in [3.63, 3.8) is 0 Å². The second-order valence-electron chi connectivity index (χ2n) is 7.51. The van der Waals surface area contributed by atoms with Crippen LogP contribution < -0.4 is 14.2 Å². The van der Waals surface area contributed by atoms with E-state index in [1.54, 1.807) is 0 Å². The average molecular weight is 441 g/mol. The molecule has 2 N–H and O–H groups in total. The van der Waals surface area contributed by atoms with Gasteiger partial charge in [0.05, 0.1) is 26.4 Å². The lowest BCUT2D eigenvalue weighted by atomic mass is 10.1. The summed E-state index contributed by atoms with van der Waals surface area (Å²) in [6, 6.07) is 0. The number of rotatable bonds is 17. The maximum absolute atomic E-state index is 12.8. The van der Waals surface area contributed by atoms with Gasteiger partial charge in [-0.1, -0.05) is 59.8 Å². The van der Waals surface area contributed by atoms with Crippen LogP contribution in [0.1, 0.15) is 95.8 Å². The minimum absolute atomic E-state index is 0.0219. The van der Waals surface area contributed by atoms with Crippen LogP contribution in [-0.4, -0.2) is 42.6 Å². The van der Waals surface area contributed by atoms with Crippen molar-refractivity contribution in [3.05, 3.63) is 5.56 Å². The number of carbonyl (C=O) groups is 1. The van der Waals surface area contributed by atoms with Crippen LogP contribution in [0.5, 0.6) is 28.7 Å². The van der Waals surface area contributed by atoms with Crippen molar-refractivity contribution in [3.8, 4) is 28.7 Å². The molecule has 0 saturated heterocycles. The number of phenolic OH excluding ortho intramolecular Hbond substituents is 2. The second-order valence-corrected chi connectivity index (χ2v) is 7.51. The number of unbranched alkanes of at least 4 members (excludes halogenated alkanes) is 5. The zero-order chi connectivity index (χ0) is 23.1. The lowest BCUT2D eigenvalue weighted by molar-refractivity contribution is 0.0487. The zero-order valence-electron chi connectivity index (χ0n) is 19.6. The molecule has 0 aliphatic rings. The lowest BCUT2D eigenvalue weighted by Crippen LogP contribution is -2.13. The van der Waals surface area contributed by atoms with E-state index >= 15 is 0 Å². The van der Waals surface area contributed by atoms with Crippen LogP contribution in [0.4, 0.5) is 0 Å². The van der Waals surface area contributed by atoms with Gasteiger partial charge in [-0.3, -0.25) is 0 Å². The molecule has 0 spiro atoms. The van der Waals surface area contributed by atoms with E-state index in [9.17, 15) is 15.0 Å². The Morgan fingerprint density at radius 2 is 1.13 bits per heavy atom. The minimum atomic E-state index is -0.754. The van der Waals surface area contributed by atoms with E-state index < -0.39 is 17.5 Å². The third-order valence-electron chi connectivity index (χ3n) is 4.60. The van der Waals surface area contributed by atoms with Crippen LogP contribution in [-0.2, 0) is 4.74 Å². The predicted octanol–water partition coefficient (Wildman–Crippen LogP) is 5.98. The quantitative estimate of drug-likeness (QED) is 0.175. The number of aromatic hydroxyl groups is 2. The molecule has 0 aromatic heterocycles. The van der Waals surface area contributed by atoms with Crippen molar-refractivity contribution in [2.24, 2.45) is 0 Å². The van der Waals surface area contributed by atoms with Crippen LogP contribution in [0.3, 0.4) is 0 Å². The molecular weight excluding hydrogens is 400 g/mol. The maximum Gasteiger partial charge on any atom is 0.346 e. The predicted molar refractivity (Wildman–Crippen MR) is 121 cm³/mol. The Kier molecular flexibility index (Phi) is 13.3. The number of hydrogen-bond donors (Lipinski definition) is 2. The normalized spacial score (nSPS) is 10.7. The van der Waals surface area contributed by atoms with Crippen LogP contribution in [0.2, 0.25) is 0 Å². The second kappa shape index (κ2) is 15.5. The molecule has 7 heteroatoms. The molecule has 0 aliphatic carbocycles. The van der Waals surface area contributed by atoms with Crippen LogP contribution >= 0.6 is 0 Å². The van der Waals surface area contributed by atoms with Gasteiger partial charge in [0.2, 0.25) is 17.2 Å². The Balaban J connectivity index is 3.14. The standard InChI is InChI=1S/C24H40O7/c1-5-9-10-11-12-13-17-31-24(27)18-19(25)20(26)22(29-15-7-3)23(30-16-8-4)21(18)28-14-6-2/h25-26H,5-17H2,1-4H3. The molecule has 1 aromatic carbocycles. The molecular formula is C24H40O7. The molecule has 0 aliphatic heterocycles. The van der Waals surface area contributed by atoms with Crippen molar-refractivity contribution in [1.29, 1.82) is 0 Å². The number of benzene rings is 1. The number of hydrogen-bond acceptors (Lipinski definition) is 7. The van der Waals surface area contributed by atoms with Gasteiger partial charge in [-0.15, -0.1) is 0 Å². The molecule has 1 rings (SSSR count). The number of ether oxygens (including phenoxy) is 4. The highest BCUT2D eigenvalue weighted by Gasteiger charge is 2.32. The smallest absolute Gasteiger partial charge is 0.346 e. The Bertz CT molecular complexity index is 658. The Hall–Kier alpha value is -2.31. The average Bonchev–Trinajstić information content (AvgIpc) is 2.77. The van der Waals surface area contributed by atoms with Gasteiger partial charge in [-0.25, -0.2) is 4.79 Å². The highest BCUT2D eigenvalue weighted by Crippen LogP contribution is 2.53. The van der Waals surface area contributed by atoms with Gasteiger partial charge < -0.3 is 29.2 Å². The summed E-state index contributed by atoms with van der Waals surface area (Å²) in [5.41, 5.74) is -0.230. The van der Waals surface area contributed by atoms with E-state index in [2.05, 4.69) is 6.92 Å². The summed E-state index contributed by atoms with van der Waals surface area (Å²) in [5.74, 6) is -1.78. The third kappa shape index (κ3) is 8.38. The van der Waals surface area contributed by atoms with E-state index in [4.69, 9.17) is 18.9 Å². The molecule has 0 radical (unpaired) electrons. The molecule has 0 saturated carbocycles. The summed E-state index contributed by atoms with van der Waals surface area (Å²) >= 11 is 0. The monoisotopic (exact) mass is 440 g/mol. The molecule has 0 fully saturated rings. The van der Waals surface area contributed by atoms with Crippen LogP contribution in [0, 0.1) is 0 Å². The zero-order valence-corrected chi connectivity index (χ0v) is 19.6. The van der Waals surface area contributed by atoms with Crippen LogP contribution in [0.25, 0.3) is 0 Å². The molecule has 0 amide bonds. The molecule has 178 valence electrons. The fraction of sp³-hybridized carbons (Fsp3) is 0.708. The fourth-order valence-corrected chi connectivity index (χ4v) is 2.98. The molecule has 0 heterocycles. The Morgan fingerprint density at radius 3 is 1.71 bits per heavy atom. The molecule has 0 atom stereocenters. The highest BCUT2D eigenvalue weighted by atomic mass is 16.6. The lowest BCUT2D eigenvalue weighted by Gasteiger charge is -2.21. The molecule has 7 nitrogen and oxygen atoms in total. The van der Waals surface area contributed by atoms with E-state index in [-0.39, 0.29) is 29.4 Å². The summed E-state index contributed by atoms with van der Waals surface area (Å²) in [6.45, 7) is 9.14. The third-order valence-corrected chi connectivity index (χ3v) is 4.60. The first-order chi connectivity index (χ1) is 15.0. The topological polar surface area (TPSA) is 94.5 Å². The first kappa shape index (κ1) is 26.7. The summed E-state index contributed by atoms with van der Waals surface area (Å²) < 4.78 is 22.6. The van der Waals surface area contributed by atoms with Gasteiger partial charge >= 0.3 is 5.97 Å². The molecule has 0 bridgehead atoms. The van der Waals surface area contributed by atoms with E-state index in [0.29, 0.717) is 39.1 Å². The Labute approximate surface area is 186 Å². The van der Waals surface area contributed by atoms with Gasteiger partial charge in [0.15, 0.2) is 17.1 Å². The van der Waals surface area contributed by atoms with Gasteiger partial charge in [-0.05, 0) is 25.7 Å². The van der Waals surface area contributed by atoms with Crippen molar-refractivity contribution in [1.82, 2.24) is 0 Å². The first-order valence-electron chi connectivity index (χ1n) is 11.7. The summed E-state index contributed by atoms with van der Waals surface area (Å²) in [4.78, 5) is 12.8. The van der Waals surface area contributed by atoms with E-state index in [1.165, 1.54) is 19.3 Å². The van der Waals surface area contributed by atoms with Gasteiger partial charge in [0.25, 0.3) is 0 Å². The van der Waals surface area contributed by atoms with E-state index in [0.717, 1.165) is 19.3 Å². The van der Waals surface area contributed by atoms with Crippen LogP contribution in [0.15, 0.2) is 0 Å². The van der Waals surface area contributed by atoms with E-state index in [1.807, 2.05) is 20.8 Å². The Morgan fingerprint density at radius 1 is 0.613 bits per heavy atom. The SMILES string of the molecule is CCCCCCCCOC(=O)c1c(O)c(O)c(OCCC)c(OCCC)c1OCCC. The molecule has 31 heavy (non-hydrogen) atoms. The number of carbonyl (C=O) groups excluding carboxylic acids is 1. The van der Waals surface area contributed by atoms with Gasteiger partial charge in [0, 0.05) is 0 Å². The summed E-state index contributed by atoms with van der Waals surface area (Å²) in [6.07, 6.45) is 8.46. The molecule has 1 aromatic rings. The van der Waals surface area contributed by atoms with Crippen molar-refractivity contribution < 1.29 is 34.0 Å².